The van der Waals surface area contributed by atoms with Gasteiger partial charge in [-0.1, -0.05) is 12.1 Å². The Morgan fingerprint density at radius 1 is 1.11 bits per heavy atom. The Hall–Kier alpha value is -1.77. The first-order chi connectivity index (χ1) is 8.65. The van der Waals surface area contributed by atoms with Crippen LogP contribution >= 0.6 is 0 Å². The first kappa shape index (κ1) is 12.7. The van der Waals surface area contributed by atoms with E-state index in [-0.39, 0.29) is 5.82 Å². The number of aryl methyl sites for hydroxylation is 2. The Bertz CT molecular complexity index is 521. The summed E-state index contributed by atoms with van der Waals surface area (Å²) in [6, 6.07) is 5.22. The van der Waals surface area contributed by atoms with Crippen molar-refractivity contribution in [1.29, 1.82) is 0 Å². The standard InChI is InChI=1S/C15H16FN2/c1-11-8-13(6-7-15(11)16)4-3-5-14-10-17-12(2)9-18-14/h3,6-10H,4-5H2,1-2H3. The minimum atomic E-state index is -0.150. The zero-order valence-electron chi connectivity index (χ0n) is 10.7. The van der Waals surface area contributed by atoms with Crippen LogP contribution in [0.3, 0.4) is 0 Å². The van der Waals surface area contributed by atoms with Crippen LogP contribution in [-0.2, 0) is 12.8 Å². The number of hydrogen-bond donors (Lipinski definition) is 0. The summed E-state index contributed by atoms with van der Waals surface area (Å²) in [5, 5.41) is 0. The molecule has 2 rings (SSSR count). The normalized spacial score (nSPS) is 10.6. The molecule has 3 heteroatoms. The number of nitrogens with zero attached hydrogens (tertiary/aromatic N) is 2. The summed E-state index contributed by atoms with van der Waals surface area (Å²) in [5.41, 5.74) is 3.69. The van der Waals surface area contributed by atoms with Crippen LogP contribution in [0.15, 0.2) is 30.6 Å². The highest BCUT2D eigenvalue weighted by atomic mass is 19.1. The van der Waals surface area contributed by atoms with E-state index in [1.165, 1.54) is 6.07 Å². The molecule has 0 saturated carbocycles. The Balaban J connectivity index is 1.88. The summed E-state index contributed by atoms with van der Waals surface area (Å²) >= 11 is 0. The lowest BCUT2D eigenvalue weighted by Crippen LogP contribution is -1.96. The summed E-state index contributed by atoms with van der Waals surface area (Å²) < 4.78 is 13.1. The Kier molecular flexibility index (Phi) is 4.03. The van der Waals surface area contributed by atoms with E-state index in [9.17, 15) is 4.39 Å². The van der Waals surface area contributed by atoms with Crippen LogP contribution in [0.2, 0.25) is 0 Å². The average molecular weight is 243 g/mol. The van der Waals surface area contributed by atoms with Crippen molar-refractivity contribution in [2.75, 3.05) is 0 Å². The van der Waals surface area contributed by atoms with Crippen LogP contribution in [0.5, 0.6) is 0 Å². The molecule has 0 aliphatic heterocycles. The predicted octanol–water partition coefficient (Wildman–Crippen LogP) is 3.22. The molecular formula is C15H16FN2. The molecule has 0 fully saturated rings. The molecule has 1 aromatic carbocycles. The fourth-order valence-corrected chi connectivity index (χ4v) is 1.75. The van der Waals surface area contributed by atoms with Gasteiger partial charge in [0.2, 0.25) is 0 Å². The van der Waals surface area contributed by atoms with Gasteiger partial charge in [0, 0.05) is 12.4 Å². The third-order valence-corrected chi connectivity index (χ3v) is 2.79. The molecule has 0 saturated heterocycles. The molecule has 0 aliphatic rings. The molecule has 1 aromatic heterocycles. The molecule has 1 radical (unpaired) electrons. The molecule has 0 N–H and O–H groups in total. The second-order valence-corrected chi connectivity index (χ2v) is 4.43. The van der Waals surface area contributed by atoms with Crippen molar-refractivity contribution < 1.29 is 4.39 Å². The lowest BCUT2D eigenvalue weighted by atomic mass is 10.0. The van der Waals surface area contributed by atoms with E-state index in [4.69, 9.17) is 0 Å². The summed E-state index contributed by atoms with van der Waals surface area (Å²) in [6.45, 7) is 3.70. The monoisotopic (exact) mass is 243 g/mol. The summed E-state index contributed by atoms with van der Waals surface area (Å²) in [6.07, 6.45) is 7.29. The van der Waals surface area contributed by atoms with Crippen LogP contribution in [0.25, 0.3) is 0 Å². The summed E-state index contributed by atoms with van der Waals surface area (Å²) in [4.78, 5) is 8.49. The number of hydrogen-bond acceptors (Lipinski definition) is 2. The molecular weight excluding hydrogens is 227 g/mol. The molecule has 18 heavy (non-hydrogen) atoms. The predicted molar refractivity (Wildman–Crippen MR) is 69.6 cm³/mol. The van der Waals surface area contributed by atoms with Gasteiger partial charge in [-0.2, -0.15) is 0 Å². The maximum atomic E-state index is 13.1. The van der Waals surface area contributed by atoms with Crippen molar-refractivity contribution in [2.24, 2.45) is 0 Å². The van der Waals surface area contributed by atoms with E-state index in [0.717, 1.165) is 29.8 Å². The van der Waals surface area contributed by atoms with Gasteiger partial charge in [0.25, 0.3) is 0 Å². The minimum Gasteiger partial charge on any atom is -0.258 e. The minimum absolute atomic E-state index is 0.150. The lowest BCUT2D eigenvalue weighted by molar-refractivity contribution is 0.617. The SMILES string of the molecule is Cc1cnc(C[CH]Cc2ccc(F)c(C)c2)cn1. The van der Waals surface area contributed by atoms with E-state index < -0.39 is 0 Å². The van der Waals surface area contributed by atoms with Crippen molar-refractivity contribution in [2.45, 2.75) is 26.7 Å². The highest BCUT2D eigenvalue weighted by Gasteiger charge is 2.01. The van der Waals surface area contributed by atoms with Crippen molar-refractivity contribution in [3.63, 3.8) is 0 Å². The van der Waals surface area contributed by atoms with E-state index in [1.54, 1.807) is 19.3 Å². The first-order valence-corrected chi connectivity index (χ1v) is 5.99. The highest BCUT2D eigenvalue weighted by Crippen LogP contribution is 2.11. The molecule has 1 heterocycles. The zero-order chi connectivity index (χ0) is 13.0. The fraction of sp³-hybridized carbons (Fsp3) is 0.267. The van der Waals surface area contributed by atoms with E-state index in [2.05, 4.69) is 16.4 Å². The van der Waals surface area contributed by atoms with Gasteiger partial charge in [0.05, 0.1) is 11.4 Å². The van der Waals surface area contributed by atoms with Crippen LogP contribution in [-0.4, -0.2) is 9.97 Å². The van der Waals surface area contributed by atoms with Crippen LogP contribution in [0, 0.1) is 26.1 Å². The Labute approximate surface area is 107 Å². The van der Waals surface area contributed by atoms with Gasteiger partial charge in [-0.15, -0.1) is 0 Å². The van der Waals surface area contributed by atoms with Gasteiger partial charge < -0.3 is 0 Å². The van der Waals surface area contributed by atoms with Crippen LogP contribution in [0.4, 0.5) is 4.39 Å². The number of benzene rings is 1. The average Bonchev–Trinajstić information content (AvgIpc) is 2.36. The highest BCUT2D eigenvalue weighted by molar-refractivity contribution is 5.25. The lowest BCUT2D eigenvalue weighted by Gasteiger charge is -2.03. The van der Waals surface area contributed by atoms with Crippen molar-refractivity contribution in [3.8, 4) is 0 Å². The molecule has 2 aromatic rings. The molecule has 0 bridgehead atoms. The fourth-order valence-electron chi connectivity index (χ4n) is 1.75. The van der Waals surface area contributed by atoms with Gasteiger partial charge >= 0.3 is 0 Å². The number of aromatic nitrogens is 2. The van der Waals surface area contributed by atoms with Gasteiger partial charge in [-0.3, -0.25) is 9.97 Å². The Morgan fingerprint density at radius 2 is 1.94 bits per heavy atom. The van der Waals surface area contributed by atoms with E-state index >= 15 is 0 Å². The molecule has 0 amide bonds. The second kappa shape index (κ2) is 5.71. The molecule has 0 spiro atoms. The third-order valence-electron chi connectivity index (χ3n) is 2.79. The van der Waals surface area contributed by atoms with E-state index in [1.807, 2.05) is 19.1 Å². The third kappa shape index (κ3) is 3.36. The molecule has 0 aliphatic carbocycles. The quantitative estimate of drug-likeness (QED) is 0.824. The zero-order valence-corrected chi connectivity index (χ0v) is 10.7. The van der Waals surface area contributed by atoms with Crippen molar-refractivity contribution >= 4 is 0 Å². The van der Waals surface area contributed by atoms with Gasteiger partial charge in [0.1, 0.15) is 5.82 Å². The first-order valence-electron chi connectivity index (χ1n) is 5.99. The summed E-state index contributed by atoms with van der Waals surface area (Å²) in [5.74, 6) is -0.150. The van der Waals surface area contributed by atoms with Crippen molar-refractivity contribution in [1.82, 2.24) is 9.97 Å². The Morgan fingerprint density at radius 3 is 2.61 bits per heavy atom. The molecule has 2 nitrogen and oxygen atoms in total. The molecule has 0 atom stereocenters. The van der Waals surface area contributed by atoms with Crippen LogP contribution in [0.1, 0.15) is 22.5 Å². The topological polar surface area (TPSA) is 25.8 Å². The summed E-state index contributed by atoms with van der Waals surface area (Å²) in [7, 11) is 0. The van der Waals surface area contributed by atoms with Crippen LogP contribution < -0.4 is 0 Å². The van der Waals surface area contributed by atoms with Gasteiger partial charge in [-0.05, 0) is 50.3 Å². The number of halogens is 1. The maximum Gasteiger partial charge on any atom is 0.126 e. The number of rotatable bonds is 4. The largest absolute Gasteiger partial charge is 0.258 e. The maximum absolute atomic E-state index is 13.1. The van der Waals surface area contributed by atoms with Gasteiger partial charge in [-0.25, -0.2) is 4.39 Å². The molecule has 93 valence electrons. The second-order valence-electron chi connectivity index (χ2n) is 4.43. The smallest absolute Gasteiger partial charge is 0.126 e. The van der Waals surface area contributed by atoms with E-state index in [0.29, 0.717) is 5.56 Å². The molecule has 0 unspecified atom stereocenters. The van der Waals surface area contributed by atoms with Crippen molar-refractivity contribution in [3.05, 3.63) is 65.3 Å². The van der Waals surface area contributed by atoms with Gasteiger partial charge in [0.15, 0.2) is 0 Å².